The van der Waals surface area contributed by atoms with E-state index < -0.39 is 17.9 Å². The molecule has 0 saturated carbocycles. The van der Waals surface area contributed by atoms with Gasteiger partial charge in [-0.15, -0.1) is 0 Å². The van der Waals surface area contributed by atoms with E-state index in [1.807, 2.05) is 6.92 Å². The zero-order valence-corrected chi connectivity index (χ0v) is 11.4. The first kappa shape index (κ1) is 15.9. The Hall–Kier alpha value is -2.11. The molecule has 0 saturated heterocycles. The van der Waals surface area contributed by atoms with Crippen molar-refractivity contribution in [2.45, 2.75) is 26.2 Å². The molecule has 0 aromatic heterocycles. The predicted molar refractivity (Wildman–Crippen MR) is 69.8 cm³/mol. The zero-order chi connectivity index (χ0) is 15.1. The van der Waals surface area contributed by atoms with Crippen molar-refractivity contribution < 1.29 is 29.0 Å². The smallest absolute Gasteiger partial charge is 0.334 e. The molecule has 0 aromatic carbocycles. The molecule has 0 bridgehead atoms. The molecule has 1 aliphatic carbocycles. The fraction of sp³-hybridized carbons (Fsp3) is 0.500. The summed E-state index contributed by atoms with van der Waals surface area (Å²) in [6.45, 7) is 5.00. The SMILES string of the molecule is C=CC(=O)OCCOC(=O)C1=C(C(=O)O)CCC(C)C1. The van der Waals surface area contributed by atoms with Crippen molar-refractivity contribution in [1.29, 1.82) is 0 Å². The Balaban J connectivity index is 2.57. The number of rotatable bonds is 6. The van der Waals surface area contributed by atoms with Crippen LogP contribution in [0.1, 0.15) is 26.2 Å². The number of carboxylic acid groups (broad SMARTS) is 1. The van der Waals surface area contributed by atoms with Crippen LogP contribution in [-0.4, -0.2) is 36.2 Å². The normalized spacial score (nSPS) is 18.4. The van der Waals surface area contributed by atoms with Crippen molar-refractivity contribution in [2.24, 2.45) is 5.92 Å². The minimum absolute atomic E-state index is 0.0815. The fourth-order valence-electron chi connectivity index (χ4n) is 1.98. The number of ether oxygens (including phenoxy) is 2. The van der Waals surface area contributed by atoms with E-state index in [1.165, 1.54) is 0 Å². The van der Waals surface area contributed by atoms with Crippen molar-refractivity contribution in [3.8, 4) is 0 Å². The summed E-state index contributed by atoms with van der Waals surface area (Å²) in [6.07, 6.45) is 2.52. The molecule has 0 radical (unpaired) electrons. The average molecular weight is 282 g/mol. The van der Waals surface area contributed by atoms with Crippen LogP contribution >= 0.6 is 0 Å². The van der Waals surface area contributed by atoms with Gasteiger partial charge < -0.3 is 14.6 Å². The Morgan fingerprint density at radius 3 is 2.55 bits per heavy atom. The van der Waals surface area contributed by atoms with E-state index in [1.54, 1.807) is 0 Å². The van der Waals surface area contributed by atoms with Gasteiger partial charge in [0.15, 0.2) is 0 Å². The van der Waals surface area contributed by atoms with E-state index >= 15 is 0 Å². The summed E-state index contributed by atoms with van der Waals surface area (Å²) < 4.78 is 9.59. The number of carboxylic acids is 1. The molecule has 110 valence electrons. The van der Waals surface area contributed by atoms with Crippen LogP contribution in [0.5, 0.6) is 0 Å². The molecule has 0 spiro atoms. The molecule has 0 aliphatic heterocycles. The number of carbonyl (C=O) groups is 3. The monoisotopic (exact) mass is 282 g/mol. The Kier molecular flexibility index (Phi) is 5.96. The molecule has 1 rings (SSSR count). The summed E-state index contributed by atoms with van der Waals surface area (Å²) in [7, 11) is 0. The molecule has 0 fully saturated rings. The van der Waals surface area contributed by atoms with Gasteiger partial charge in [-0.25, -0.2) is 14.4 Å². The second kappa shape index (κ2) is 7.47. The number of carbonyl (C=O) groups excluding carboxylic acids is 2. The summed E-state index contributed by atoms with van der Waals surface area (Å²) in [6, 6.07) is 0. The minimum Gasteiger partial charge on any atom is -0.478 e. The van der Waals surface area contributed by atoms with Gasteiger partial charge in [-0.05, 0) is 25.2 Å². The van der Waals surface area contributed by atoms with E-state index in [0.717, 1.165) is 12.5 Å². The van der Waals surface area contributed by atoms with E-state index in [2.05, 4.69) is 11.3 Å². The van der Waals surface area contributed by atoms with Crippen LogP contribution in [-0.2, 0) is 23.9 Å². The van der Waals surface area contributed by atoms with Crippen molar-refractivity contribution in [1.82, 2.24) is 0 Å². The predicted octanol–water partition coefficient (Wildman–Crippen LogP) is 1.46. The van der Waals surface area contributed by atoms with E-state index in [-0.39, 0.29) is 30.3 Å². The molecule has 1 unspecified atom stereocenters. The highest BCUT2D eigenvalue weighted by molar-refractivity contribution is 5.99. The van der Waals surface area contributed by atoms with Gasteiger partial charge in [0.1, 0.15) is 13.2 Å². The van der Waals surface area contributed by atoms with E-state index in [0.29, 0.717) is 12.8 Å². The van der Waals surface area contributed by atoms with Gasteiger partial charge in [0, 0.05) is 17.2 Å². The van der Waals surface area contributed by atoms with Crippen molar-refractivity contribution in [2.75, 3.05) is 13.2 Å². The Morgan fingerprint density at radius 1 is 1.30 bits per heavy atom. The lowest BCUT2D eigenvalue weighted by molar-refractivity contribution is -0.147. The molecule has 0 aromatic rings. The molecule has 6 heteroatoms. The second-order valence-electron chi connectivity index (χ2n) is 4.62. The first-order valence-corrected chi connectivity index (χ1v) is 6.37. The zero-order valence-electron chi connectivity index (χ0n) is 11.4. The topological polar surface area (TPSA) is 89.9 Å². The average Bonchev–Trinajstić information content (AvgIpc) is 2.42. The van der Waals surface area contributed by atoms with Crippen LogP contribution in [0, 0.1) is 5.92 Å². The first-order chi connectivity index (χ1) is 9.45. The molecule has 1 aliphatic rings. The Bertz CT molecular complexity index is 449. The molecule has 0 heterocycles. The van der Waals surface area contributed by atoms with Gasteiger partial charge in [-0.2, -0.15) is 0 Å². The molecule has 6 nitrogen and oxygen atoms in total. The molecular formula is C14H18O6. The maximum Gasteiger partial charge on any atom is 0.334 e. The third-order valence-corrected chi connectivity index (χ3v) is 3.04. The standard InChI is InChI=1S/C14H18O6/c1-3-12(15)19-6-7-20-14(18)11-8-9(2)4-5-10(11)13(16)17/h3,9H,1,4-8H2,2H3,(H,16,17). The lowest BCUT2D eigenvalue weighted by Crippen LogP contribution is -2.22. The third kappa shape index (κ3) is 4.53. The summed E-state index contributed by atoms with van der Waals surface area (Å²) in [5.74, 6) is -2.08. The number of aliphatic carboxylic acids is 1. The van der Waals surface area contributed by atoms with Gasteiger partial charge in [0.2, 0.25) is 0 Å². The van der Waals surface area contributed by atoms with Gasteiger partial charge in [-0.3, -0.25) is 0 Å². The van der Waals surface area contributed by atoms with Crippen molar-refractivity contribution >= 4 is 17.9 Å². The molecular weight excluding hydrogens is 264 g/mol. The summed E-state index contributed by atoms with van der Waals surface area (Å²) in [5, 5.41) is 9.07. The lowest BCUT2D eigenvalue weighted by Gasteiger charge is -2.21. The van der Waals surface area contributed by atoms with Gasteiger partial charge in [-0.1, -0.05) is 13.5 Å². The highest BCUT2D eigenvalue weighted by atomic mass is 16.6. The maximum absolute atomic E-state index is 11.9. The largest absolute Gasteiger partial charge is 0.478 e. The van der Waals surface area contributed by atoms with Crippen LogP contribution in [0.15, 0.2) is 23.8 Å². The van der Waals surface area contributed by atoms with Crippen LogP contribution < -0.4 is 0 Å². The molecule has 20 heavy (non-hydrogen) atoms. The number of esters is 2. The number of hydrogen-bond donors (Lipinski definition) is 1. The number of hydrogen-bond acceptors (Lipinski definition) is 5. The first-order valence-electron chi connectivity index (χ1n) is 6.37. The van der Waals surface area contributed by atoms with Crippen LogP contribution in [0.3, 0.4) is 0 Å². The highest BCUT2D eigenvalue weighted by Gasteiger charge is 2.27. The van der Waals surface area contributed by atoms with Crippen LogP contribution in [0.25, 0.3) is 0 Å². The van der Waals surface area contributed by atoms with Gasteiger partial charge >= 0.3 is 17.9 Å². The minimum atomic E-state index is -1.08. The Labute approximate surface area is 117 Å². The highest BCUT2D eigenvalue weighted by Crippen LogP contribution is 2.30. The van der Waals surface area contributed by atoms with Gasteiger partial charge in [0.25, 0.3) is 0 Å². The quantitative estimate of drug-likeness (QED) is 0.450. The lowest BCUT2D eigenvalue weighted by atomic mass is 9.85. The Morgan fingerprint density at radius 2 is 1.95 bits per heavy atom. The maximum atomic E-state index is 11.9. The van der Waals surface area contributed by atoms with Gasteiger partial charge in [0.05, 0.1) is 0 Å². The molecule has 0 amide bonds. The second-order valence-corrected chi connectivity index (χ2v) is 4.62. The molecule has 1 atom stereocenters. The summed E-state index contributed by atoms with van der Waals surface area (Å²) >= 11 is 0. The van der Waals surface area contributed by atoms with Crippen molar-refractivity contribution in [3.63, 3.8) is 0 Å². The summed E-state index contributed by atoms with van der Waals surface area (Å²) in [5.41, 5.74) is 0.336. The van der Waals surface area contributed by atoms with Crippen LogP contribution in [0.2, 0.25) is 0 Å². The molecule has 1 N–H and O–H groups in total. The van der Waals surface area contributed by atoms with Crippen molar-refractivity contribution in [3.05, 3.63) is 23.8 Å². The van der Waals surface area contributed by atoms with Crippen LogP contribution in [0.4, 0.5) is 0 Å². The fourth-order valence-corrected chi connectivity index (χ4v) is 1.98. The van der Waals surface area contributed by atoms with E-state index in [9.17, 15) is 14.4 Å². The van der Waals surface area contributed by atoms with E-state index in [4.69, 9.17) is 9.84 Å². The summed E-state index contributed by atoms with van der Waals surface area (Å²) in [4.78, 5) is 33.7. The third-order valence-electron chi connectivity index (χ3n) is 3.04.